The minimum absolute atomic E-state index is 0.101. The maximum atomic E-state index is 13.0. The largest absolute Gasteiger partial charge is 0.369 e. The van der Waals surface area contributed by atoms with E-state index in [1.807, 2.05) is 44.2 Å². The summed E-state index contributed by atoms with van der Waals surface area (Å²) in [5.41, 5.74) is 3.55. The second kappa shape index (κ2) is 9.18. The quantitative estimate of drug-likeness (QED) is 0.489. The van der Waals surface area contributed by atoms with Crippen LogP contribution in [0.2, 0.25) is 0 Å². The van der Waals surface area contributed by atoms with Crippen LogP contribution < -0.4 is 15.8 Å². The molecule has 0 aliphatic carbocycles. The summed E-state index contributed by atoms with van der Waals surface area (Å²) in [4.78, 5) is 31.3. The van der Waals surface area contributed by atoms with E-state index in [4.69, 9.17) is 0 Å². The Balaban J connectivity index is 1.48. The molecule has 1 saturated heterocycles. The maximum absolute atomic E-state index is 13.0. The second-order valence-corrected chi connectivity index (χ2v) is 8.83. The van der Waals surface area contributed by atoms with Gasteiger partial charge in [0.05, 0.1) is 17.1 Å². The van der Waals surface area contributed by atoms with Crippen molar-refractivity contribution in [1.82, 2.24) is 29.6 Å². The van der Waals surface area contributed by atoms with Crippen LogP contribution in [0.1, 0.15) is 19.9 Å². The molecule has 5 rings (SSSR count). The van der Waals surface area contributed by atoms with Crippen molar-refractivity contribution in [3.05, 3.63) is 65.2 Å². The first-order valence-corrected chi connectivity index (χ1v) is 11.5. The molecule has 4 heterocycles. The van der Waals surface area contributed by atoms with Crippen molar-refractivity contribution >= 4 is 28.2 Å². The third kappa shape index (κ3) is 4.34. The van der Waals surface area contributed by atoms with E-state index >= 15 is 0 Å². The Morgan fingerprint density at radius 2 is 1.74 bits per heavy atom. The lowest BCUT2D eigenvalue weighted by atomic mass is 10.2. The van der Waals surface area contributed by atoms with Crippen molar-refractivity contribution < 1.29 is 0 Å². The van der Waals surface area contributed by atoms with Crippen LogP contribution in [0.3, 0.4) is 0 Å². The standard InChI is InChI=1S/C25H28N8O/c1-17(2)33-24(34)20-16-27-25(29-22(20)23(30-33)21-6-4-5-11-26-21)28-18-7-9-19(10-8-18)32-14-12-31(3)13-15-32/h4-11,16-17H,12-15H2,1-3H3,(H,27,28,29). The molecule has 0 amide bonds. The molecule has 0 bridgehead atoms. The normalized spacial score (nSPS) is 14.6. The van der Waals surface area contributed by atoms with E-state index in [0.29, 0.717) is 28.2 Å². The Bertz CT molecular complexity index is 1340. The number of aromatic nitrogens is 5. The number of nitrogens with zero attached hydrogens (tertiary/aromatic N) is 7. The Morgan fingerprint density at radius 3 is 2.41 bits per heavy atom. The van der Waals surface area contributed by atoms with Gasteiger partial charge in [-0.1, -0.05) is 6.07 Å². The van der Waals surface area contributed by atoms with E-state index in [0.717, 1.165) is 31.9 Å². The molecule has 3 aromatic heterocycles. The van der Waals surface area contributed by atoms with Crippen LogP contribution in [0.5, 0.6) is 0 Å². The van der Waals surface area contributed by atoms with Crippen LogP contribution in [-0.4, -0.2) is 62.9 Å². The number of rotatable bonds is 5. The van der Waals surface area contributed by atoms with Gasteiger partial charge >= 0.3 is 0 Å². The lowest BCUT2D eigenvalue weighted by Gasteiger charge is -2.34. The molecule has 0 radical (unpaired) electrons. The molecule has 0 unspecified atom stereocenters. The van der Waals surface area contributed by atoms with Crippen LogP contribution in [0.4, 0.5) is 17.3 Å². The first-order chi connectivity index (χ1) is 16.5. The van der Waals surface area contributed by atoms with E-state index in [1.54, 1.807) is 12.4 Å². The third-order valence-corrected chi connectivity index (χ3v) is 6.05. The van der Waals surface area contributed by atoms with Gasteiger partial charge < -0.3 is 15.1 Å². The number of piperazine rings is 1. The zero-order valence-electron chi connectivity index (χ0n) is 19.6. The lowest BCUT2D eigenvalue weighted by Crippen LogP contribution is -2.44. The van der Waals surface area contributed by atoms with Gasteiger partial charge in [-0.15, -0.1) is 0 Å². The summed E-state index contributed by atoms with van der Waals surface area (Å²) in [5, 5.41) is 8.28. The molecular formula is C25H28N8O. The van der Waals surface area contributed by atoms with E-state index in [2.05, 4.69) is 54.3 Å². The number of anilines is 3. The summed E-state index contributed by atoms with van der Waals surface area (Å²) in [7, 11) is 2.15. The molecule has 1 aromatic carbocycles. The minimum Gasteiger partial charge on any atom is -0.369 e. The summed E-state index contributed by atoms with van der Waals surface area (Å²) in [5.74, 6) is 0.403. The van der Waals surface area contributed by atoms with E-state index in [9.17, 15) is 4.79 Å². The molecule has 9 nitrogen and oxygen atoms in total. The molecule has 1 N–H and O–H groups in total. The molecule has 34 heavy (non-hydrogen) atoms. The maximum Gasteiger partial charge on any atom is 0.278 e. The molecule has 1 aliphatic rings. The Morgan fingerprint density at radius 1 is 0.971 bits per heavy atom. The van der Waals surface area contributed by atoms with Crippen molar-refractivity contribution in [2.75, 3.05) is 43.4 Å². The van der Waals surface area contributed by atoms with Crippen LogP contribution in [0.25, 0.3) is 22.3 Å². The molecule has 174 valence electrons. The minimum atomic E-state index is -0.215. The summed E-state index contributed by atoms with van der Waals surface area (Å²) < 4.78 is 1.46. The highest BCUT2D eigenvalue weighted by molar-refractivity contribution is 5.89. The second-order valence-electron chi connectivity index (χ2n) is 8.83. The number of benzene rings is 1. The fourth-order valence-electron chi connectivity index (χ4n) is 4.08. The smallest absolute Gasteiger partial charge is 0.278 e. The Kier molecular flexibility index (Phi) is 5.93. The topological polar surface area (TPSA) is 92.1 Å². The number of pyridine rings is 1. The number of fused-ring (bicyclic) bond motifs is 1. The van der Waals surface area contributed by atoms with Gasteiger partial charge in [-0.3, -0.25) is 9.78 Å². The van der Waals surface area contributed by atoms with Gasteiger partial charge in [0.15, 0.2) is 0 Å². The van der Waals surface area contributed by atoms with Crippen LogP contribution in [0.15, 0.2) is 59.7 Å². The van der Waals surface area contributed by atoms with Gasteiger partial charge in [0.2, 0.25) is 5.95 Å². The van der Waals surface area contributed by atoms with E-state index in [-0.39, 0.29) is 11.6 Å². The summed E-state index contributed by atoms with van der Waals surface area (Å²) in [6.07, 6.45) is 3.27. The first kappa shape index (κ1) is 22.0. The Labute approximate surface area is 198 Å². The van der Waals surface area contributed by atoms with Gasteiger partial charge in [0.1, 0.15) is 11.2 Å². The molecule has 0 spiro atoms. The van der Waals surface area contributed by atoms with Gasteiger partial charge in [0.25, 0.3) is 5.56 Å². The Hall–Kier alpha value is -3.85. The van der Waals surface area contributed by atoms with E-state index in [1.165, 1.54) is 10.4 Å². The molecular weight excluding hydrogens is 428 g/mol. The predicted octanol–water partition coefficient (Wildman–Crippen LogP) is 3.32. The molecule has 4 aromatic rings. The molecule has 0 saturated carbocycles. The average Bonchev–Trinajstić information content (AvgIpc) is 2.86. The SMILES string of the molecule is CC(C)n1nc(-c2ccccn2)c2nc(Nc3ccc(N4CCN(C)CC4)cc3)ncc2c1=O. The van der Waals surface area contributed by atoms with Crippen molar-refractivity contribution in [2.45, 2.75) is 19.9 Å². The number of likely N-dealkylation sites (N-methyl/N-ethyl adjacent to an activating group) is 1. The summed E-state index contributed by atoms with van der Waals surface area (Å²) in [6, 6.07) is 13.8. The van der Waals surface area contributed by atoms with Crippen molar-refractivity contribution in [1.29, 1.82) is 0 Å². The fourth-order valence-corrected chi connectivity index (χ4v) is 4.08. The van der Waals surface area contributed by atoms with Crippen LogP contribution >= 0.6 is 0 Å². The first-order valence-electron chi connectivity index (χ1n) is 11.5. The summed E-state index contributed by atoms with van der Waals surface area (Å²) in [6.45, 7) is 8.02. The van der Waals surface area contributed by atoms with Gasteiger partial charge in [-0.25, -0.2) is 14.6 Å². The fraction of sp³-hybridized carbons (Fsp3) is 0.320. The van der Waals surface area contributed by atoms with Gasteiger partial charge in [-0.05, 0) is 57.3 Å². The lowest BCUT2D eigenvalue weighted by molar-refractivity contribution is 0.313. The predicted molar refractivity (Wildman–Crippen MR) is 135 cm³/mol. The number of nitrogens with one attached hydrogen (secondary N) is 1. The molecule has 0 atom stereocenters. The van der Waals surface area contributed by atoms with Crippen LogP contribution in [0, 0.1) is 0 Å². The highest BCUT2D eigenvalue weighted by Gasteiger charge is 2.18. The number of hydrogen-bond donors (Lipinski definition) is 1. The third-order valence-electron chi connectivity index (χ3n) is 6.05. The summed E-state index contributed by atoms with van der Waals surface area (Å²) >= 11 is 0. The highest BCUT2D eigenvalue weighted by Crippen LogP contribution is 2.25. The zero-order chi connectivity index (χ0) is 23.7. The van der Waals surface area contributed by atoms with Crippen molar-refractivity contribution in [3.8, 4) is 11.4 Å². The molecule has 1 fully saturated rings. The molecule has 9 heteroatoms. The zero-order valence-corrected chi connectivity index (χ0v) is 19.6. The monoisotopic (exact) mass is 456 g/mol. The van der Waals surface area contributed by atoms with E-state index < -0.39 is 0 Å². The highest BCUT2D eigenvalue weighted by atomic mass is 16.1. The van der Waals surface area contributed by atoms with Crippen molar-refractivity contribution in [3.63, 3.8) is 0 Å². The van der Waals surface area contributed by atoms with Gasteiger partial charge in [0, 0.05) is 49.9 Å². The van der Waals surface area contributed by atoms with Gasteiger partial charge in [-0.2, -0.15) is 5.10 Å². The number of hydrogen-bond acceptors (Lipinski definition) is 8. The van der Waals surface area contributed by atoms with Crippen molar-refractivity contribution in [2.24, 2.45) is 0 Å². The average molecular weight is 457 g/mol. The van der Waals surface area contributed by atoms with Crippen LogP contribution in [-0.2, 0) is 0 Å². The molecule has 1 aliphatic heterocycles.